The monoisotopic (exact) mass is 316 g/mol. The van der Waals surface area contributed by atoms with Gasteiger partial charge in [0.2, 0.25) is 0 Å². The number of hydrogen-bond acceptors (Lipinski definition) is 4. The fourth-order valence-electron chi connectivity index (χ4n) is 2.21. The Hall–Kier alpha value is 0.870. The zero-order chi connectivity index (χ0) is 14.8. The predicted molar refractivity (Wildman–Crippen MR) is 76.8 cm³/mol. The first-order chi connectivity index (χ1) is 8.87. The van der Waals surface area contributed by atoms with Crippen LogP contribution in [0.2, 0.25) is 0 Å². The minimum absolute atomic E-state index is 0. The molecule has 0 aromatic heterocycles. The minimum Gasteiger partial charge on any atom is -0.746 e. The van der Waals surface area contributed by atoms with Crippen LogP contribution >= 0.6 is 0 Å². The third-order valence-corrected chi connectivity index (χ3v) is 4.90. The molecule has 0 saturated carbocycles. The van der Waals surface area contributed by atoms with E-state index in [1.807, 2.05) is 0 Å². The number of hydrogen-bond donors (Lipinski definition) is 1. The Kier molecular flexibility index (Phi) is 14.4. The summed E-state index contributed by atoms with van der Waals surface area (Å²) in [5, 5.41) is 10.1. The van der Waals surface area contributed by atoms with Gasteiger partial charge in [0.15, 0.2) is 4.93 Å². The fraction of sp³-hybridized carbons (Fsp3) is 1.00. The van der Waals surface area contributed by atoms with Gasteiger partial charge in [0.1, 0.15) is 10.1 Å². The zero-order valence-corrected chi connectivity index (χ0v) is 16.2. The van der Waals surface area contributed by atoms with E-state index >= 15 is 0 Å². The number of unbranched alkanes of at least 4 members (excludes halogenated alkanes) is 7. The van der Waals surface area contributed by atoms with E-state index in [-0.39, 0.29) is 42.4 Å². The van der Waals surface area contributed by atoms with Gasteiger partial charge in [-0.1, -0.05) is 58.8 Å². The summed E-state index contributed by atoms with van der Waals surface area (Å²) in [6, 6.07) is 0. The summed E-state index contributed by atoms with van der Waals surface area (Å²) in [4.78, 5) is -2.05. The SMILES string of the molecule is CCCCCCCC(O)(CCCCCC)S(=O)(=O)[O-].[Na+]. The van der Waals surface area contributed by atoms with Crippen LogP contribution < -0.4 is 29.6 Å². The Morgan fingerprint density at radius 1 is 0.850 bits per heavy atom. The molecule has 0 spiro atoms. The summed E-state index contributed by atoms with van der Waals surface area (Å²) in [6.45, 7) is 4.16. The van der Waals surface area contributed by atoms with Crippen molar-refractivity contribution in [2.24, 2.45) is 0 Å². The fourth-order valence-corrected chi connectivity index (χ4v) is 3.00. The quantitative estimate of drug-likeness (QED) is 0.324. The van der Waals surface area contributed by atoms with Gasteiger partial charge in [-0.05, 0) is 25.7 Å². The van der Waals surface area contributed by atoms with Gasteiger partial charge >= 0.3 is 29.6 Å². The van der Waals surface area contributed by atoms with Crippen LogP contribution in [0, 0.1) is 0 Å². The molecule has 0 aliphatic rings. The van der Waals surface area contributed by atoms with Gasteiger partial charge in [-0.15, -0.1) is 0 Å². The molecule has 0 bridgehead atoms. The summed E-state index contributed by atoms with van der Waals surface area (Å²) < 4.78 is 33.7. The number of rotatable bonds is 12. The van der Waals surface area contributed by atoms with Gasteiger partial charge in [-0.2, -0.15) is 0 Å². The summed E-state index contributed by atoms with van der Waals surface area (Å²) in [5.74, 6) is 0. The van der Waals surface area contributed by atoms with Crippen molar-refractivity contribution in [3.63, 3.8) is 0 Å². The maximum absolute atomic E-state index is 11.2. The van der Waals surface area contributed by atoms with Crippen LogP contribution in [0.1, 0.15) is 84.5 Å². The first-order valence-corrected chi connectivity index (χ1v) is 8.96. The molecule has 0 aliphatic carbocycles. The normalized spacial score (nSPS) is 14.6. The maximum atomic E-state index is 11.2. The molecular formula is C14H29NaO4S. The smallest absolute Gasteiger partial charge is 0.746 e. The summed E-state index contributed by atoms with van der Waals surface area (Å²) >= 11 is 0. The van der Waals surface area contributed by atoms with Crippen LogP contribution in [0.15, 0.2) is 0 Å². The Labute approximate surface area is 146 Å². The first kappa shape index (κ1) is 23.1. The van der Waals surface area contributed by atoms with Gasteiger partial charge in [0.25, 0.3) is 0 Å². The Morgan fingerprint density at radius 3 is 1.55 bits per heavy atom. The molecule has 0 radical (unpaired) electrons. The molecule has 0 fully saturated rings. The van der Waals surface area contributed by atoms with Crippen molar-refractivity contribution >= 4 is 10.1 Å². The van der Waals surface area contributed by atoms with Crippen molar-refractivity contribution in [3.8, 4) is 0 Å². The molecule has 20 heavy (non-hydrogen) atoms. The van der Waals surface area contributed by atoms with Gasteiger partial charge in [-0.3, -0.25) is 0 Å². The number of aliphatic hydroxyl groups is 1. The third-order valence-electron chi connectivity index (χ3n) is 3.56. The molecule has 0 rings (SSSR count). The van der Waals surface area contributed by atoms with Crippen molar-refractivity contribution in [1.29, 1.82) is 0 Å². The van der Waals surface area contributed by atoms with E-state index in [1.54, 1.807) is 0 Å². The first-order valence-electron chi connectivity index (χ1n) is 7.55. The van der Waals surface area contributed by atoms with E-state index < -0.39 is 15.1 Å². The van der Waals surface area contributed by atoms with E-state index in [1.165, 1.54) is 0 Å². The Balaban J connectivity index is 0. The standard InChI is InChI=1S/C14H30O4S.Na/c1-3-5-7-9-11-13-14(15,19(16,17)18)12-10-8-6-4-2;/h15H,3-13H2,1-2H3,(H,16,17,18);/q;+1/p-1. The van der Waals surface area contributed by atoms with Crippen LogP contribution in [0.4, 0.5) is 0 Å². The Morgan fingerprint density at radius 2 is 1.20 bits per heavy atom. The average molecular weight is 316 g/mol. The van der Waals surface area contributed by atoms with E-state index in [2.05, 4.69) is 13.8 Å². The molecule has 0 saturated heterocycles. The van der Waals surface area contributed by atoms with Crippen molar-refractivity contribution < 1.29 is 47.6 Å². The Bertz CT molecular complexity index is 319. The molecule has 0 amide bonds. The van der Waals surface area contributed by atoms with Gasteiger partial charge in [0.05, 0.1) is 0 Å². The maximum Gasteiger partial charge on any atom is 1.00 e. The van der Waals surface area contributed by atoms with Gasteiger partial charge < -0.3 is 9.66 Å². The molecule has 6 heteroatoms. The van der Waals surface area contributed by atoms with Crippen LogP contribution in [0.5, 0.6) is 0 Å². The van der Waals surface area contributed by atoms with E-state index in [0.717, 1.165) is 44.9 Å². The van der Waals surface area contributed by atoms with Crippen molar-refractivity contribution in [3.05, 3.63) is 0 Å². The van der Waals surface area contributed by atoms with Gasteiger partial charge in [-0.25, -0.2) is 8.42 Å². The summed E-state index contributed by atoms with van der Waals surface area (Å²) in [6.07, 6.45) is 8.39. The van der Waals surface area contributed by atoms with Crippen molar-refractivity contribution in [1.82, 2.24) is 0 Å². The molecule has 4 nitrogen and oxygen atoms in total. The summed E-state index contributed by atoms with van der Waals surface area (Å²) in [5.41, 5.74) is 0. The molecule has 0 aromatic rings. The molecule has 0 aromatic carbocycles. The average Bonchev–Trinajstić information content (AvgIpc) is 2.33. The van der Waals surface area contributed by atoms with Crippen LogP contribution in [0.25, 0.3) is 0 Å². The van der Waals surface area contributed by atoms with Crippen LogP contribution in [0.3, 0.4) is 0 Å². The largest absolute Gasteiger partial charge is 1.00 e. The summed E-state index contributed by atoms with van der Waals surface area (Å²) in [7, 11) is -4.64. The van der Waals surface area contributed by atoms with Crippen LogP contribution in [-0.4, -0.2) is 23.0 Å². The van der Waals surface area contributed by atoms with Gasteiger partial charge in [0, 0.05) is 0 Å². The second kappa shape index (κ2) is 12.4. The molecule has 116 valence electrons. The van der Waals surface area contributed by atoms with E-state index in [4.69, 9.17) is 0 Å². The molecule has 1 N–H and O–H groups in total. The molecule has 1 unspecified atom stereocenters. The second-order valence-corrected chi connectivity index (χ2v) is 7.04. The second-order valence-electron chi connectivity index (χ2n) is 5.38. The molecule has 1 atom stereocenters. The zero-order valence-electron chi connectivity index (χ0n) is 13.4. The molecular weight excluding hydrogens is 287 g/mol. The van der Waals surface area contributed by atoms with Crippen molar-refractivity contribution in [2.75, 3.05) is 0 Å². The molecule has 0 aliphatic heterocycles. The topological polar surface area (TPSA) is 77.4 Å². The molecule has 0 heterocycles. The third kappa shape index (κ3) is 9.74. The van der Waals surface area contributed by atoms with E-state index in [0.29, 0.717) is 12.8 Å². The minimum atomic E-state index is -4.64. The van der Waals surface area contributed by atoms with Crippen molar-refractivity contribution in [2.45, 2.75) is 89.4 Å². The van der Waals surface area contributed by atoms with Crippen LogP contribution in [-0.2, 0) is 10.1 Å². The predicted octanol–water partition coefficient (Wildman–Crippen LogP) is 0.555. The van der Waals surface area contributed by atoms with E-state index in [9.17, 15) is 18.1 Å².